The minimum atomic E-state index is -0.517. The van der Waals surface area contributed by atoms with Gasteiger partial charge in [-0.1, -0.05) is 6.07 Å². The van der Waals surface area contributed by atoms with Crippen molar-refractivity contribution in [3.8, 4) is 5.75 Å². The Morgan fingerprint density at radius 2 is 2.15 bits per heavy atom. The molecule has 0 atom stereocenters. The Morgan fingerprint density at radius 3 is 2.77 bits per heavy atom. The molecule has 0 radical (unpaired) electrons. The van der Waals surface area contributed by atoms with Crippen molar-refractivity contribution in [1.29, 1.82) is 0 Å². The molecule has 1 aromatic carbocycles. The van der Waals surface area contributed by atoms with Gasteiger partial charge in [-0.3, -0.25) is 4.79 Å². The zero-order valence-corrected chi connectivity index (χ0v) is 15.7. The van der Waals surface area contributed by atoms with Crippen LogP contribution in [0.15, 0.2) is 23.9 Å². The molecule has 0 saturated carbocycles. The maximum atomic E-state index is 13.9. The van der Waals surface area contributed by atoms with Crippen molar-refractivity contribution < 1.29 is 18.7 Å². The van der Waals surface area contributed by atoms with Gasteiger partial charge in [-0.15, -0.1) is 11.3 Å². The molecule has 26 heavy (non-hydrogen) atoms. The van der Waals surface area contributed by atoms with E-state index in [4.69, 9.17) is 20.9 Å². The Bertz CT molecular complexity index is 829. The molecule has 6 nitrogen and oxygen atoms in total. The fourth-order valence-electron chi connectivity index (χ4n) is 2.33. The Kier molecular flexibility index (Phi) is 6.59. The van der Waals surface area contributed by atoms with Gasteiger partial charge in [0, 0.05) is 24.9 Å². The summed E-state index contributed by atoms with van der Waals surface area (Å²) in [6, 6.07) is 4.49. The smallest absolute Gasteiger partial charge is 0.261 e. The van der Waals surface area contributed by atoms with E-state index in [0.717, 1.165) is 11.1 Å². The summed E-state index contributed by atoms with van der Waals surface area (Å²) in [5.74, 6) is -0.692. The first-order valence-corrected chi connectivity index (χ1v) is 8.66. The van der Waals surface area contributed by atoms with Crippen molar-refractivity contribution in [2.75, 3.05) is 19.6 Å². The predicted molar refractivity (Wildman–Crippen MR) is 101 cm³/mol. The number of allylic oxidation sites excluding steroid dienone is 1. The molecule has 8 heteroatoms. The van der Waals surface area contributed by atoms with Crippen LogP contribution in [0.5, 0.6) is 5.75 Å². The number of anilines is 1. The van der Waals surface area contributed by atoms with Crippen LogP contribution in [0.1, 0.15) is 33.3 Å². The van der Waals surface area contributed by atoms with E-state index in [0.29, 0.717) is 21.1 Å². The SMILES string of the molecule is COCOc1ccc(CNC(=O)c2sc(N)c(/C=C(/C)N)c2C)cc1F. The van der Waals surface area contributed by atoms with E-state index in [1.165, 1.54) is 30.6 Å². The van der Waals surface area contributed by atoms with Crippen LogP contribution in [0.3, 0.4) is 0 Å². The van der Waals surface area contributed by atoms with Gasteiger partial charge < -0.3 is 26.3 Å². The van der Waals surface area contributed by atoms with Crippen LogP contribution < -0.4 is 21.5 Å². The highest BCUT2D eigenvalue weighted by Crippen LogP contribution is 2.32. The third-order valence-electron chi connectivity index (χ3n) is 3.58. The number of hydrogen-bond acceptors (Lipinski definition) is 6. The second kappa shape index (κ2) is 8.68. The van der Waals surface area contributed by atoms with Crippen molar-refractivity contribution in [2.45, 2.75) is 20.4 Å². The number of nitrogens with one attached hydrogen (secondary N) is 1. The molecular formula is C18H22FN3O3S. The minimum absolute atomic E-state index is 0.0366. The molecule has 0 saturated heterocycles. The van der Waals surface area contributed by atoms with Crippen molar-refractivity contribution in [1.82, 2.24) is 5.32 Å². The Labute approximate surface area is 155 Å². The molecule has 0 unspecified atom stereocenters. The lowest BCUT2D eigenvalue weighted by Crippen LogP contribution is -2.22. The van der Waals surface area contributed by atoms with Crippen LogP contribution in [0, 0.1) is 12.7 Å². The van der Waals surface area contributed by atoms with Crippen LogP contribution >= 0.6 is 11.3 Å². The van der Waals surface area contributed by atoms with E-state index in [-0.39, 0.29) is 25.0 Å². The van der Waals surface area contributed by atoms with Crippen molar-refractivity contribution >= 4 is 28.3 Å². The summed E-state index contributed by atoms with van der Waals surface area (Å²) >= 11 is 1.20. The monoisotopic (exact) mass is 379 g/mol. The molecule has 5 N–H and O–H groups in total. The molecule has 1 amide bonds. The zero-order chi connectivity index (χ0) is 19.3. The molecular weight excluding hydrogens is 357 g/mol. The average molecular weight is 379 g/mol. The molecule has 0 fully saturated rings. The quantitative estimate of drug-likeness (QED) is 0.642. The lowest BCUT2D eigenvalue weighted by Gasteiger charge is -2.09. The third kappa shape index (κ3) is 4.74. The number of amides is 1. The Hall–Kier alpha value is -2.58. The molecule has 0 aliphatic rings. The lowest BCUT2D eigenvalue weighted by atomic mass is 10.1. The first-order valence-electron chi connectivity index (χ1n) is 7.84. The van der Waals surface area contributed by atoms with Gasteiger partial charge in [0.25, 0.3) is 5.91 Å². The van der Waals surface area contributed by atoms with E-state index >= 15 is 0 Å². The highest BCUT2D eigenvalue weighted by Gasteiger charge is 2.17. The van der Waals surface area contributed by atoms with Crippen LogP contribution in [0.2, 0.25) is 0 Å². The fraction of sp³-hybridized carbons (Fsp3) is 0.278. The number of carbonyl (C=O) groups is 1. The molecule has 0 aliphatic heterocycles. The topological polar surface area (TPSA) is 99.6 Å². The highest BCUT2D eigenvalue weighted by atomic mass is 32.1. The summed E-state index contributed by atoms with van der Waals surface area (Å²) in [5.41, 5.74) is 14.4. The van der Waals surface area contributed by atoms with Gasteiger partial charge in [0.05, 0.1) is 9.88 Å². The van der Waals surface area contributed by atoms with Crippen LogP contribution in [0.4, 0.5) is 9.39 Å². The first-order chi connectivity index (χ1) is 12.3. The van der Waals surface area contributed by atoms with E-state index < -0.39 is 5.82 Å². The number of methoxy groups -OCH3 is 1. The number of halogens is 1. The number of benzene rings is 1. The van der Waals surface area contributed by atoms with Gasteiger partial charge in [0.2, 0.25) is 0 Å². The first kappa shape index (κ1) is 19.7. The summed E-state index contributed by atoms with van der Waals surface area (Å²) in [7, 11) is 1.46. The van der Waals surface area contributed by atoms with Gasteiger partial charge >= 0.3 is 0 Å². The molecule has 140 valence electrons. The lowest BCUT2D eigenvalue weighted by molar-refractivity contribution is 0.0483. The second-order valence-corrected chi connectivity index (χ2v) is 6.77. The molecule has 2 rings (SSSR count). The number of nitrogens with two attached hydrogens (primary N) is 2. The summed E-state index contributed by atoms with van der Waals surface area (Å²) < 4.78 is 23.8. The van der Waals surface area contributed by atoms with Crippen molar-refractivity contribution in [3.05, 3.63) is 51.3 Å². The Balaban J connectivity index is 2.07. The van der Waals surface area contributed by atoms with Crippen LogP contribution in [-0.2, 0) is 11.3 Å². The van der Waals surface area contributed by atoms with Crippen molar-refractivity contribution in [2.24, 2.45) is 5.73 Å². The van der Waals surface area contributed by atoms with Gasteiger partial charge in [0.1, 0.15) is 0 Å². The van der Waals surface area contributed by atoms with Gasteiger partial charge in [0.15, 0.2) is 18.4 Å². The molecule has 2 aromatic rings. The van der Waals surface area contributed by atoms with E-state index in [1.807, 2.05) is 6.92 Å². The second-order valence-electron chi connectivity index (χ2n) is 5.72. The summed E-state index contributed by atoms with van der Waals surface area (Å²) in [4.78, 5) is 12.9. The maximum absolute atomic E-state index is 13.9. The fourth-order valence-corrected chi connectivity index (χ4v) is 3.30. The number of rotatable bonds is 7. The molecule has 1 aromatic heterocycles. The van der Waals surface area contributed by atoms with E-state index in [1.54, 1.807) is 19.1 Å². The average Bonchev–Trinajstić information content (AvgIpc) is 2.86. The number of thiophene rings is 1. The largest absolute Gasteiger partial charge is 0.464 e. The summed E-state index contributed by atoms with van der Waals surface area (Å²) in [5, 5.41) is 3.30. The number of ether oxygens (including phenoxy) is 2. The number of nitrogen functional groups attached to an aromatic ring is 1. The minimum Gasteiger partial charge on any atom is -0.464 e. The molecule has 0 spiro atoms. The third-order valence-corrected chi connectivity index (χ3v) is 4.72. The number of hydrogen-bond donors (Lipinski definition) is 3. The standard InChI is InChI=1S/C18H22FN3O3S/c1-10(20)6-13-11(2)16(26-17(13)21)18(23)22-8-12-4-5-15(14(19)7-12)25-9-24-3/h4-7H,8-9,20-21H2,1-3H3,(H,22,23)/b10-6-. The van der Waals surface area contributed by atoms with Crippen LogP contribution in [0.25, 0.3) is 6.08 Å². The summed E-state index contributed by atoms with van der Waals surface area (Å²) in [6.07, 6.45) is 1.74. The predicted octanol–water partition coefficient (Wildman–Crippen LogP) is 3.01. The van der Waals surface area contributed by atoms with Crippen molar-refractivity contribution in [3.63, 3.8) is 0 Å². The maximum Gasteiger partial charge on any atom is 0.261 e. The molecule has 0 aliphatic carbocycles. The highest BCUT2D eigenvalue weighted by molar-refractivity contribution is 7.18. The van der Waals surface area contributed by atoms with E-state index in [2.05, 4.69) is 5.32 Å². The zero-order valence-electron chi connectivity index (χ0n) is 14.9. The number of carbonyl (C=O) groups excluding carboxylic acids is 1. The molecule has 0 bridgehead atoms. The summed E-state index contributed by atoms with van der Waals surface area (Å²) in [6.45, 7) is 3.72. The van der Waals surface area contributed by atoms with E-state index in [9.17, 15) is 9.18 Å². The Morgan fingerprint density at radius 1 is 1.42 bits per heavy atom. The molecule has 1 heterocycles. The van der Waals surface area contributed by atoms with Gasteiger partial charge in [-0.05, 0) is 43.2 Å². The van der Waals surface area contributed by atoms with Gasteiger partial charge in [-0.25, -0.2) is 4.39 Å². The van der Waals surface area contributed by atoms with Crippen LogP contribution in [-0.4, -0.2) is 19.8 Å². The normalized spacial score (nSPS) is 11.5. The van der Waals surface area contributed by atoms with Gasteiger partial charge in [-0.2, -0.15) is 0 Å².